The van der Waals surface area contributed by atoms with E-state index >= 15 is 0 Å². The Morgan fingerprint density at radius 1 is 0.375 bits per heavy atom. The first-order valence-electron chi connectivity index (χ1n) is 16.5. The Labute approximate surface area is 276 Å². The van der Waals surface area contributed by atoms with Crippen LogP contribution in [0.5, 0.6) is 0 Å². The van der Waals surface area contributed by atoms with Crippen LogP contribution in [0.3, 0.4) is 0 Å². The molecule has 1 aliphatic carbocycles. The van der Waals surface area contributed by atoms with Crippen molar-refractivity contribution in [3.8, 4) is 44.9 Å². The summed E-state index contributed by atoms with van der Waals surface area (Å²) >= 11 is 0. The highest BCUT2D eigenvalue weighted by molar-refractivity contribution is 6.18. The highest BCUT2D eigenvalue weighted by Crippen LogP contribution is 2.48. The first-order valence-corrected chi connectivity index (χ1v) is 16.5. The van der Waals surface area contributed by atoms with Gasteiger partial charge < -0.3 is 9.13 Å². The lowest BCUT2D eigenvalue weighted by molar-refractivity contribution is 1.18. The normalized spacial score (nSPS) is 12.2. The van der Waals surface area contributed by atoms with Gasteiger partial charge in [-0.1, -0.05) is 103 Å². The predicted molar refractivity (Wildman–Crippen MR) is 200 cm³/mol. The topological polar surface area (TPSA) is 22.8 Å². The first kappa shape index (κ1) is 25.7. The van der Waals surface area contributed by atoms with Crippen LogP contribution in [0.2, 0.25) is 0 Å². The smallest absolute Gasteiger partial charge is 0.0793 e. The molecule has 222 valence electrons. The number of fused-ring (bicyclic) bond motifs is 9. The van der Waals surface area contributed by atoms with Gasteiger partial charge in [0.2, 0.25) is 0 Å². The van der Waals surface area contributed by atoms with Crippen LogP contribution >= 0.6 is 0 Å². The monoisotopic (exact) mass is 609 g/mol. The highest BCUT2D eigenvalue weighted by Gasteiger charge is 2.25. The summed E-state index contributed by atoms with van der Waals surface area (Å²) < 4.78 is 4.83. The van der Waals surface area contributed by atoms with Crippen LogP contribution in [0.15, 0.2) is 164 Å². The number of nitrogens with zero attached hydrogens (tertiary/aromatic N) is 3. The molecule has 3 heteroatoms. The second kappa shape index (κ2) is 9.54. The molecule has 0 atom stereocenters. The Balaban J connectivity index is 1.14. The van der Waals surface area contributed by atoms with E-state index in [-0.39, 0.29) is 0 Å². The van der Waals surface area contributed by atoms with E-state index in [0.29, 0.717) is 0 Å². The fourth-order valence-electron chi connectivity index (χ4n) is 8.25. The molecule has 0 saturated heterocycles. The number of hydrogen-bond acceptors (Lipinski definition) is 1. The van der Waals surface area contributed by atoms with Crippen LogP contribution in [0, 0.1) is 0 Å². The number of para-hydroxylation sites is 3. The van der Waals surface area contributed by atoms with Gasteiger partial charge in [0.1, 0.15) is 0 Å². The minimum Gasteiger partial charge on any atom is -0.309 e. The Bertz CT molecular complexity index is 2910. The molecule has 7 aromatic carbocycles. The van der Waals surface area contributed by atoms with Crippen LogP contribution in [-0.4, -0.2) is 14.1 Å². The SMILES string of the molecule is c1ccc(-n2c3ccccc3c3ccc(-c4ccc5c(c4)c4ccccc4n5-c4ccc5c6c(nccc46)-c4ccccc4-5)cc32)cc1. The molecule has 0 N–H and O–H groups in total. The molecule has 3 aromatic heterocycles. The molecule has 0 radical (unpaired) electrons. The summed E-state index contributed by atoms with van der Waals surface area (Å²) in [5.41, 5.74) is 14.4. The summed E-state index contributed by atoms with van der Waals surface area (Å²) in [6, 6.07) is 57.5. The second-order valence-electron chi connectivity index (χ2n) is 12.8. The van der Waals surface area contributed by atoms with E-state index in [9.17, 15) is 0 Å². The van der Waals surface area contributed by atoms with Crippen molar-refractivity contribution in [1.82, 2.24) is 14.1 Å². The van der Waals surface area contributed by atoms with Gasteiger partial charge in [-0.05, 0) is 76.9 Å². The van der Waals surface area contributed by atoms with Crippen LogP contribution in [0.4, 0.5) is 0 Å². The zero-order valence-corrected chi connectivity index (χ0v) is 25.9. The molecule has 0 unspecified atom stereocenters. The van der Waals surface area contributed by atoms with E-state index in [1.54, 1.807) is 0 Å². The maximum atomic E-state index is 4.86. The van der Waals surface area contributed by atoms with Crippen LogP contribution in [0.25, 0.3) is 99.3 Å². The van der Waals surface area contributed by atoms with Crippen molar-refractivity contribution in [3.63, 3.8) is 0 Å². The Hall–Kier alpha value is -6.45. The molecule has 1 aliphatic rings. The van der Waals surface area contributed by atoms with Gasteiger partial charge in [0.25, 0.3) is 0 Å². The third-order valence-corrected chi connectivity index (χ3v) is 10.3. The van der Waals surface area contributed by atoms with Gasteiger partial charge in [0.15, 0.2) is 0 Å². The molecule has 48 heavy (non-hydrogen) atoms. The average Bonchev–Trinajstić information content (AvgIpc) is 3.78. The summed E-state index contributed by atoms with van der Waals surface area (Å²) in [4.78, 5) is 4.86. The third kappa shape index (κ3) is 3.40. The van der Waals surface area contributed by atoms with Gasteiger partial charge in [-0.3, -0.25) is 4.98 Å². The summed E-state index contributed by atoms with van der Waals surface area (Å²) in [6.45, 7) is 0. The van der Waals surface area contributed by atoms with Crippen LogP contribution < -0.4 is 0 Å². The van der Waals surface area contributed by atoms with Crippen molar-refractivity contribution in [2.45, 2.75) is 0 Å². The highest BCUT2D eigenvalue weighted by atomic mass is 15.0. The summed E-state index contributed by atoms with van der Waals surface area (Å²) in [5.74, 6) is 0. The number of aromatic nitrogens is 3. The van der Waals surface area contributed by atoms with Crippen LogP contribution in [0.1, 0.15) is 0 Å². The Morgan fingerprint density at radius 2 is 1.02 bits per heavy atom. The molecule has 3 nitrogen and oxygen atoms in total. The van der Waals surface area contributed by atoms with Crippen molar-refractivity contribution < 1.29 is 0 Å². The van der Waals surface area contributed by atoms with Crippen molar-refractivity contribution in [3.05, 3.63) is 164 Å². The maximum Gasteiger partial charge on any atom is 0.0793 e. The standard InChI is InChI=1S/C45H27N3/c1-2-10-30(11-3-1)47-39-16-8-6-13-32(39)34-20-18-29(27-43(34)47)28-19-22-42-38(26-28)33-14-7-9-17-40(33)48(42)41-23-21-35-31-12-4-5-15-36(31)45-44(35)37(41)24-25-46-45/h1-27H. The zero-order chi connectivity index (χ0) is 31.3. The molecule has 0 saturated carbocycles. The minimum atomic E-state index is 1.08. The quantitative estimate of drug-likeness (QED) is 0.195. The second-order valence-corrected chi connectivity index (χ2v) is 12.8. The van der Waals surface area contributed by atoms with Gasteiger partial charge in [0.05, 0.1) is 33.4 Å². The minimum absolute atomic E-state index is 1.08. The maximum absolute atomic E-state index is 4.86. The molecular formula is C45H27N3. The molecule has 0 fully saturated rings. The summed E-state index contributed by atoms with van der Waals surface area (Å²) in [6.07, 6.45) is 1.96. The van der Waals surface area contributed by atoms with Crippen molar-refractivity contribution in [1.29, 1.82) is 0 Å². The van der Waals surface area contributed by atoms with E-state index in [4.69, 9.17) is 4.98 Å². The number of hydrogen-bond donors (Lipinski definition) is 0. The summed E-state index contributed by atoms with van der Waals surface area (Å²) in [7, 11) is 0. The lowest BCUT2D eigenvalue weighted by Crippen LogP contribution is -1.96. The van der Waals surface area contributed by atoms with E-state index < -0.39 is 0 Å². The molecule has 10 aromatic rings. The molecular weight excluding hydrogens is 583 g/mol. The lowest BCUT2D eigenvalue weighted by Gasteiger charge is -2.13. The number of rotatable bonds is 3. The average molecular weight is 610 g/mol. The van der Waals surface area contributed by atoms with Gasteiger partial charge in [-0.25, -0.2) is 0 Å². The van der Waals surface area contributed by atoms with Crippen molar-refractivity contribution in [2.24, 2.45) is 0 Å². The van der Waals surface area contributed by atoms with Crippen molar-refractivity contribution >= 4 is 54.4 Å². The van der Waals surface area contributed by atoms with Gasteiger partial charge in [-0.2, -0.15) is 0 Å². The van der Waals surface area contributed by atoms with Crippen molar-refractivity contribution in [2.75, 3.05) is 0 Å². The fourth-order valence-corrected chi connectivity index (χ4v) is 8.25. The molecule has 0 spiro atoms. The zero-order valence-electron chi connectivity index (χ0n) is 25.9. The molecule has 3 heterocycles. The van der Waals surface area contributed by atoms with E-state index in [1.165, 1.54) is 93.6 Å². The van der Waals surface area contributed by atoms with E-state index in [1.807, 2.05) is 6.20 Å². The van der Waals surface area contributed by atoms with Crippen LogP contribution in [-0.2, 0) is 0 Å². The third-order valence-electron chi connectivity index (χ3n) is 10.3. The van der Waals surface area contributed by atoms with E-state index in [0.717, 1.165) is 5.69 Å². The lowest BCUT2D eigenvalue weighted by atomic mass is 10.0. The molecule has 11 rings (SSSR count). The number of pyridine rings is 1. The number of benzene rings is 7. The first-order chi connectivity index (χ1) is 23.8. The van der Waals surface area contributed by atoms with Gasteiger partial charge >= 0.3 is 0 Å². The molecule has 0 aliphatic heterocycles. The van der Waals surface area contributed by atoms with E-state index in [2.05, 4.69) is 167 Å². The van der Waals surface area contributed by atoms with Gasteiger partial charge in [0, 0.05) is 49.8 Å². The van der Waals surface area contributed by atoms with Gasteiger partial charge in [-0.15, -0.1) is 0 Å². The predicted octanol–water partition coefficient (Wildman–Crippen LogP) is 11.7. The Kier molecular flexibility index (Phi) is 5.11. The largest absolute Gasteiger partial charge is 0.309 e. The molecule has 0 amide bonds. The fraction of sp³-hybridized carbons (Fsp3) is 0. The molecule has 0 bridgehead atoms. The Morgan fingerprint density at radius 3 is 1.88 bits per heavy atom. The summed E-state index contributed by atoms with van der Waals surface area (Å²) in [5, 5.41) is 7.49.